The number of aromatic nitrogens is 4. The number of aryl methyl sites for hydroxylation is 8. The van der Waals surface area contributed by atoms with Crippen molar-refractivity contribution in [1.82, 2.24) is 19.9 Å². The first kappa shape index (κ1) is 68.2. The highest BCUT2D eigenvalue weighted by Crippen LogP contribution is 2.21. The van der Waals surface area contributed by atoms with Crippen molar-refractivity contribution in [2.75, 3.05) is 48.3 Å². The number of nitrogens with one attached hydrogen (secondary N) is 4. The van der Waals surface area contributed by atoms with Gasteiger partial charge in [0.25, 0.3) is 0 Å². The van der Waals surface area contributed by atoms with Gasteiger partial charge >= 0.3 is 23.9 Å². The molecule has 85 heavy (non-hydrogen) atoms. The highest BCUT2D eigenvalue weighted by molar-refractivity contribution is 6.63. The number of aromatic amines is 4. The van der Waals surface area contributed by atoms with Crippen LogP contribution in [0.1, 0.15) is 129 Å². The second-order valence-corrected chi connectivity index (χ2v) is 19.4. The molecule has 0 radical (unpaired) electrons. The quantitative estimate of drug-likeness (QED) is 0.0183. The van der Waals surface area contributed by atoms with Gasteiger partial charge in [-0.25, -0.2) is 19.2 Å². The number of carbonyl (C=O) groups is 6. The fraction of sp³-hybridized carbons (Fsp3) is 0.303. The first-order valence-electron chi connectivity index (χ1n) is 27.4. The lowest BCUT2D eigenvalue weighted by atomic mass is 10.0. The molecule has 8 aromatic rings. The van der Waals surface area contributed by atoms with Gasteiger partial charge in [-0.15, -0.1) is 0 Å². The van der Waals surface area contributed by atoms with E-state index in [4.69, 9.17) is 49.9 Å². The largest absolute Gasteiger partial charge is 0.497 e. The van der Waals surface area contributed by atoms with Gasteiger partial charge in [0.2, 0.25) is 5.24 Å². The fourth-order valence-electron chi connectivity index (χ4n) is 8.37. The van der Waals surface area contributed by atoms with Crippen LogP contribution in [0.3, 0.4) is 0 Å². The van der Waals surface area contributed by atoms with Gasteiger partial charge in [-0.05, 0) is 198 Å². The van der Waals surface area contributed by atoms with Crippen molar-refractivity contribution in [2.24, 2.45) is 0 Å². The van der Waals surface area contributed by atoms with Crippen molar-refractivity contribution in [3.8, 4) is 23.0 Å². The van der Waals surface area contributed by atoms with Crippen LogP contribution in [0.25, 0.3) is 0 Å². The zero-order chi connectivity index (χ0) is 62.4. The summed E-state index contributed by atoms with van der Waals surface area (Å²) in [5.74, 6) is 1.14. The number of halogens is 1. The number of esters is 3. The van der Waals surface area contributed by atoms with Crippen molar-refractivity contribution < 1.29 is 67.0 Å². The number of Topliss-reactive ketones (excluding diaryl/α,β-unsaturated/α-hetero) is 1. The monoisotopic (exact) mass is 1180 g/mol. The molecule has 4 aromatic carbocycles. The molecule has 452 valence electrons. The Hall–Kier alpha value is -9.29. The third kappa shape index (κ3) is 23.1. The van der Waals surface area contributed by atoms with E-state index in [0.717, 1.165) is 82.3 Å². The predicted molar refractivity (Wildman–Crippen MR) is 326 cm³/mol. The van der Waals surface area contributed by atoms with Crippen LogP contribution in [-0.2, 0) is 57.5 Å². The highest BCUT2D eigenvalue weighted by atomic mass is 35.5. The topological polar surface area (TPSA) is 250 Å². The molecule has 4 heterocycles. The van der Waals surface area contributed by atoms with Gasteiger partial charge < -0.3 is 58.2 Å². The second-order valence-electron chi connectivity index (χ2n) is 18.9. The number of benzene rings is 4. The zero-order valence-corrected chi connectivity index (χ0v) is 50.9. The molecule has 0 aliphatic heterocycles. The molecule has 5 N–H and O–H groups in total. The molecular formula is C66H77ClN4O14. The molecule has 0 aliphatic carbocycles. The molecule has 0 bridgehead atoms. The summed E-state index contributed by atoms with van der Waals surface area (Å²) in [7, 11) is 6.49. The molecular weight excluding hydrogens is 1110 g/mol. The summed E-state index contributed by atoms with van der Waals surface area (Å²) < 4.78 is 35.2. The summed E-state index contributed by atoms with van der Waals surface area (Å²) in [6.07, 6.45) is 3.93. The molecule has 0 saturated carbocycles. The molecule has 0 aliphatic rings. The number of hydrogen-bond donors (Lipinski definition) is 5. The molecule has 0 atom stereocenters. The van der Waals surface area contributed by atoms with Crippen molar-refractivity contribution in [2.45, 2.75) is 87.0 Å². The van der Waals surface area contributed by atoms with E-state index < -0.39 is 11.9 Å². The van der Waals surface area contributed by atoms with Gasteiger partial charge in [0, 0.05) is 41.2 Å². The first-order chi connectivity index (χ1) is 40.7. The normalized spacial score (nSPS) is 10.2. The third-order valence-electron chi connectivity index (χ3n) is 12.7. The number of methoxy groups -OCH3 is 4. The molecule has 0 fully saturated rings. The van der Waals surface area contributed by atoms with Gasteiger partial charge in [0.05, 0.1) is 48.3 Å². The molecule has 0 amide bonds. The molecule has 18 nitrogen and oxygen atoms in total. The van der Waals surface area contributed by atoms with E-state index in [-0.39, 0.29) is 41.5 Å². The maximum atomic E-state index is 12.4. The summed E-state index contributed by atoms with van der Waals surface area (Å²) in [6, 6.07) is 39.3. The van der Waals surface area contributed by atoms with E-state index in [1.165, 1.54) is 11.1 Å². The maximum absolute atomic E-state index is 12.4. The van der Waals surface area contributed by atoms with Crippen LogP contribution in [0.5, 0.6) is 23.0 Å². The third-order valence-corrected chi connectivity index (χ3v) is 12.9. The Balaban J connectivity index is 0.000000233. The number of carboxylic acid groups (broad SMARTS) is 1. The molecule has 19 heteroatoms. The zero-order valence-electron chi connectivity index (χ0n) is 50.1. The minimum absolute atomic E-state index is 0.0578. The van der Waals surface area contributed by atoms with Crippen LogP contribution in [0.2, 0.25) is 0 Å². The average Bonchev–Trinajstić information content (AvgIpc) is 4.15. The van der Waals surface area contributed by atoms with Crippen LogP contribution < -0.4 is 18.9 Å². The maximum Gasteiger partial charge on any atom is 0.354 e. The van der Waals surface area contributed by atoms with E-state index in [0.29, 0.717) is 53.9 Å². The van der Waals surface area contributed by atoms with Gasteiger partial charge in [-0.3, -0.25) is 9.59 Å². The predicted octanol–water partition coefficient (Wildman–Crippen LogP) is 12.5. The number of aromatic carboxylic acids is 1. The molecule has 0 saturated heterocycles. The van der Waals surface area contributed by atoms with Crippen molar-refractivity contribution in [1.29, 1.82) is 0 Å². The Morgan fingerprint density at radius 3 is 1.19 bits per heavy atom. The Bertz CT molecular complexity index is 3440. The summed E-state index contributed by atoms with van der Waals surface area (Å²) >= 11 is 5.23. The van der Waals surface area contributed by atoms with Crippen LogP contribution in [-0.4, -0.2) is 108 Å². The number of ether oxygens (including phenoxy) is 7. The Morgan fingerprint density at radius 1 is 0.424 bits per heavy atom. The Labute approximate surface area is 501 Å². The first-order valence-corrected chi connectivity index (χ1v) is 27.8. The summed E-state index contributed by atoms with van der Waals surface area (Å²) in [4.78, 5) is 80.0. The van der Waals surface area contributed by atoms with Crippen molar-refractivity contribution in [3.05, 3.63) is 212 Å². The summed E-state index contributed by atoms with van der Waals surface area (Å²) in [5.41, 5.74) is 12.0. The minimum Gasteiger partial charge on any atom is -0.497 e. The van der Waals surface area contributed by atoms with Crippen LogP contribution >= 0.6 is 11.6 Å². The fourth-order valence-corrected chi connectivity index (χ4v) is 8.53. The molecule has 0 unspecified atom stereocenters. The minimum atomic E-state index is -0.921. The standard InChI is InChI=1S/C17H19NO4.C17H21NO3.C15H17NO3.C9H9ClO2.C8H11NO2/c1-4-22-17(20)15-10-14(11(2)18-15)16(19)9-12-6-5-7-13(8-12)21-3;1-4-21-17(19)16-11-14(12(2)18-16)9-8-13-6-5-7-15(10-13)20-3;1-10-12(9-14(16-10)15(17)18)7-6-11-4-3-5-13(8-11)19-2;1-12-8-4-2-3-7(5-8)6-9(10)11;1-3-11-8(10)7-5-4-6(2)9-7/h5-8,10,18H,4,9H2,1-3H3;5-7,10-11,18H,4,8-9H2,1-3H3;3-5,8-9,16H,6-7H2,1-2H3,(H,17,18);2-5H,6H2,1H3;4-5,9H,3H2,1-2H3. The molecule has 0 spiro atoms. The van der Waals surface area contributed by atoms with Crippen LogP contribution in [0.4, 0.5) is 0 Å². The van der Waals surface area contributed by atoms with E-state index in [2.05, 4.69) is 26.0 Å². The van der Waals surface area contributed by atoms with Gasteiger partial charge in [-0.2, -0.15) is 0 Å². The lowest BCUT2D eigenvalue weighted by molar-refractivity contribution is -0.111. The lowest BCUT2D eigenvalue weighted by Gasteiger charge is -2.04. The number of carbonyl (C=O) groups excluding carboxylic acids is 5. The van der Waals surface area contributed by atoms with Crippen molar-refractivity contribution in [3.63, 3.8) is 0 Å². The summed E-state index contributed by atoms with van der Waals surface area (Å²) in [6.45, 7) is 14.0. The van der Waals surface area contributed by atoms with E-state index in [9.17, 15) is 28.8 Å². The highest BCUT2D eigenvalue weighted by Gasteiger charge is 2.18. The van der Waals surface area contributed by atoms with E-state index in [1.54, 1.807) is 80.4 Å². The second kappa shape index (κ2) is 35.6. The van der Waals surface area contributed by atoms with E-state index in [1.807, 2.05) is 118 Å². The lowest BCUT2D eigenvalue weighted by Crippen LogP contribution is -2.05. The Kier molecular flexibility index (Phi) is 28.6. The van der Waals surface area contributed by atoms with Crippen LogP contribution in [0, 0.1) is 27.7 Å². The van der Waals surface area contributed by atoms with Gasteiger partial charge in [0.1, 0.15) is 45.8 Å². The number of H-pyrrole nitrogens is 4. The average molecular weight is 1190 g/mol. The molecule has 4 aromatic heterocycles. The SMILES string of the molecule is CCOC(=O)c1cc(C(=O)Cc2cccc(OC)c2)c(C)[nH]1.CCOC(=O)c1cc(CCc2cccc(OC)c2)c(C)[nH]1.CCOC(=O)c1ccc(C)[nH]1.COc1cccc(CC(=O)Cl)c1.COc1cccc(CCc2cc(C(=O)O)[nH]c2C)c1. The number of hydrogen-bond acceptors (Lipinski definition) is 13. The van der Waals surface area contributed by atoms with Crippen molar-refractivity contribution >= 4 is 46.5 Å². The summed E-state index contributed by atoms with van der Waals surface area (Å²) in [5, 5.41) is 8.57. The van der Waals surface area contributed by atoms with Crippen LogP contribution in [0.15, 0.2) is 127 Å². The van der Waals surface area contributed by atoms with Gasteiger partial charge in [-0.1, -0.05) is 48.5 Å². The molecule has 8 rings (SSSR count). The number of rotatable bonds is 22. The van der Waals surface area contributed by atoms with E-state index >= 15 is 0 Å². The number of ketones is 1. The van der Waals surface area contributed by atoms with Gasteiger partial charge in [0.15, 0.2) is 5.78 Å². The Morgan fingerprint density at radius 2 is 0.800 bits per heavy atom. The number of carboxylic acids is 1. The smallest absolute Gasteiger partial charge is 0.354 e.